The van der Waals surface area contributed by atoms with Crippen LogP contribution in [0.25, 0.3) is 5.76 Å². The number of hydrogen-bond acceptors (Lipinski definition) is 3. The quantitative estimate of drug-likeness (QED) is 0.669. The predicted octanol–water partition coefficient (Wildman–Crippen LogP) is 3.86. The number of carboxylic acid groups (broad SMARTS) is 1. The van der Waals surface area contributed by atoms with E-state index in [1.54, 1.807) is 18.2 Å². The monoisotopic (exact) mass is 284 g/mol. The minimum absolute atomic E-state index is 0.241. The molecule has 4 nitrogen and oxygen atoms in total. The van der Waals surface area contributed by atoms with Crippen molar-refractivity contribution in [2.75, 3.05) is 7.11 Å². The van der Waals surface area contributed by atoms with Gasteiger partial charge in [-0.15, -0.1) is 0 Å². The largest absolute Gasteiger partial charge is 0.496 e. The Morgan fingerprint density at radius 2 is 1.90 bits per heavy atom. The van der Waals surface area contributed by atoms with Crippen molar-refractivity contribution >= 4 is 11.7 Å². The number of methoxy groups -OCH3 is 1. The highest BCUT2D eigenvalue weighted by atomic mass is 16.5. The second-order valence-corrected chi connectivity index (χ2v) is 4.47. The average molecular weight is 284 g/mol. The number of aryl methyl sites for hydroxylation is 1. The van der Waals surface area contributed by atoms with Crippen LogP contribution in [0.1, 0.15) is 11.1 Å². The summed E-state index contributed by atoms with van der Waals surface area (Å²) in [5, 5.41) is 8.90. The van der Waals surface area contributed by atoms with E-state index in [-0.39, 0.29) is 5.76 Å². The van der Waals surface area contributed by atoms with Crippen LogP contribution in [0.4, 0.5) is 0 Å². The number of aliphatic carboxylic acids is 1. The lowest BCUT2D eigenvalue weighted by molar-refractivity contribution is -0.131. The van der Waals surface area contributed by atoms with Crippen LogP contribution in [0.3, 0.4) is 0 Å². The molecular formula is C17H16O4. The van der Waals surface area contributed by atoms with E-state index in [0.29, 0.717) is 17.1 Å². The first-order valence-corrected chi connectivity index (χ1v) is 6.42. The highest BCUT2D eigenvalue weighted by Crippen LogP contribution is 2.30. The van der Waals surface area contributed by atoms with Gasteiger partial charge in [-0.05, 0) is 36.8 Å². The van der Waals surface area contributed by atoms with Crippen LogP contribution >= 0.6 is 0 Å². The van der Waals surface area contributed by atoms with E-state index < -0.39 is 5.97 Å². The second-order valence-electron chi connectivity index (χ2n) is 4.47. The summed E-state index contributed by atoms with van der Waals surface area (Å²) in [6.07, 6.45) is 1.01. The van der Waals surface area contributed by atoms with Gasteiger partial charge in [0.05, 0.1) is 18.7 Å². The van der Waals surface area contributed by atoms with Crippen LogP contribution in [-0.2, 0) is 9.53 Å². The fraction of sp³-hybridized carbons (Fsp3) is 0.118. The molecule has 0 fully saturated rings. The van der Waals surface area contributed by atoms with Gasteiger partial charge in [-0.3, -0.25) is 0 Å². The van der Waals surface area contributed by atoms with Crippen molar-refractivity contribution in [3.05, 3.63) is 65.7 Å². The number of carbonyl (C=O) groups is 1. The Hall–Kier alpha value is -2.75. The number of carboxylic acids is 1. The molecule has 4 heteroatoms. The minimum Gasteiger partial charge on any atom is -0.496 e. The first kappa shape index (κ1) is 14.7. The molecule has 0 aromatic heterocycles. The fourth-order valence-corrected chi connectivity index (χ4v) is 1.92. The van der Waals surface area contributed by atoms with Gasteiger partial charge in [-0.25, -0.2) is 4.79 Å². The highest BCUT2D eigenvalue weighted by Gasteiger charge is 2.11. The molecule has 0 spiro atoms. The maximum absolute atomic E-state index is 10.9. The van der Waals surface area contributed by atoms with Gasteiger partial charge in [-0.2, -0.15) is 0 Å². The molecule has 0 saturated heterocycles. The molecule has 0 aliphatic rings. The summed E-state index contributed by atoms with van der Waals surface area (Å²) in [6, 6.07) is 14.8. The molecule has 0 aliphatic heterocycles. The molecule has 0 atom stereocenters. The van der Waals surface area contributed by atoms with Crippen LogP contribution in [0, 0.1) is 6.92 Å². The Bertz CT molecular complexity index is 674. The minimum atomic E-state index is -1.07. The van der Waals surface area contributed by atoms with Gasteiger partial charge in [0.2, 0.25) is 0 Å². The highest BCUT2D eigenvalue weighted by molar-refractivity contribution is 5.89. The van der Waals surface area contributed by atoms with Gasteiger partial charge < -0.3 is 14.6 Å². The van der Waals surface area contributed by atoms with Crippen LogP contribution in [0.5, 0.6) is 11.5 Å². The molecule has 0 radical (unpaired) electrons. The zero-order chi connectivity index (χ0) is 15.2. The summed E-state index contributed by atoms with van der Waals surface area (Å²) in [6.45, 7) is 1.98. The molecule has 2 rings (SSSR count). The molecule has 2 aromatic carbocycles. The Kier molecular flexibility index (Phi) is 4.61. The van der Waals surface area contributed by atoms with Crippen molar-refractivity contribution < 1.29 is 19.4 Å². The van der Waals surface area contributed by atoms with Crippen LogP contribution in [0.15, 0.2) is 54.6 Å². The Balaban J connectivity index is 2.39. The Labute approximate surface area is 123 Å². The molecule has 0 amide bonds. The van der Waals surface area contributed by atoms with Crippen molar-refractivity contribution in [1.29, 1.82) is 0 Å². The van der Waals surface area contributed by atoms with Gasteiger partial charge in [0.25, 0.3) is 0 Å². The summed E-state index contributed by atoms with van der Waals surface area (Å²) in [5.41, 5.74) is 1.67. The third kappa shape index (κ3) is 3.86. The van der Waals surface area contributed by atoms with E-state index in [9.17, 15) is 4.79 Å². The summed E-state index contributed by atoms with van der Waals surface area (Å²) >= 11 is 0. The normalized spacial score (nSPS) is 11.0. The summed E-state index contributed by atoms with van der Waals surface area (Å²) < 4.78 is 11.0. The van der Waals surface area contributed by atoms with Crippen LogP contribution < -0.4 is 4.74 Å². The second kappa shape index (κ2) is 6.61. The van der Waals surface area contributed by atoms with Gasteiger partial charge in [0, 0.05) is 0 Å². The standard InChI is InChI=1S/C17H16O4/c1-12-6-5-7-13(10-12)21-15-9-4-3-8-14(15)16(20-2)11-17(18)19/h3-11H,1-2H3,(H,18,19). The summed E-state index contributed by atoms with van der Waals surface area (Å²) in [7, 11) is 1.43. The number of benzene rings is 2. The number of hydrogen-bond donors (Lipinski definition) is 1. The van der Waals surface area contributed by atoms with Gasteiger partial charge >= 0.3 is 5.97 Å². The van der Waals surface area contributed by atoms with Crippen molar-refractivity contribution in [3.63, 3.8) is 0 Å². The van der Waals surface area contributed by atoms with Gasteiger partial charge in [-0.1, -0.05) is 24.3 Å². The van der Waals surface area contributed by atoms with E-state index in [4.69, 9.17) is 14.6 Å². The molecule has 2 aromatic rings. The van der Waals surface area contributed by atoms with Gasteiger partial charge in [0.1, 0.15) is 17.3 Å². The number of rotatable bonds is 5. The maximum atomic E-state index is 10.9. The Morgan fingerprint density at radius 1 is 1.14 bits per heavy atom. The van der Waals surface area contributed by atoms with Crippen LogP contribution in [-0.4, -0.2) is 18.2 Å². The molecule has 1 N–H and O–H groups in total. The molecule has 0 bridgehead atoms. The molecule has 0 saturated carbocycles. The average Bonchev–Trinajstić information content (AvgIpc) is 2.45. The predicted molar refractivity (Wildman–Crippen MR) is 80.3 cm³/mol. The molecule has 21 heavy (non-hydrogen) atoms. The lowest BCUT2D eigenvalue weighted by Crippen LogP contribution is -1.97. The van der Waals surface area contributed by atoms with E-state index in [2.05, 4.69) is 0 Å². The molecular weight excluding hydrogens is 268 g/mol. The summed E-state index contributed by atoms with van der Waals surface area (Å²) in [5.74, 6) is 0.397. The van der Waals surface area contributed by atoms with E-state index in [1.807, 2.05) is 37.3 Å². The van der Waals surface area contributed by atoms with E-state index in [1.165, 1.54) is 7.11 Å². The van der Waals surface area contributed by atoms with E-state index in [0.717, 1.165) is 11.6 Å². The number of ether oxygens (including phenoxy) is 2. The van der Waals surface area contributed by atoms with E-state index >= 15 is 0 Å². The SMILES string of the molecule is COC(=CC(=O)O)c1ccccc1Oc1cccc(C)c1. The zero-order valence-corrected chi connectivity index (χ0v) is 11.9. The fourth-order valence-electron chi connectivity index (χ4n) is 1.92. The van der Waals surface area contributed by atoms with Crippen molar-refractivity contribution in [1.82, 2.24) is 0 Å². The molecule has 0 heterocycles. The van der Waals surface area contributed by atoms with Crippen molar-refractivity contribution in [2.24, 2.45) is 0 Å². The third-order valence-electron chi connectivity index (χ3n) is 2.84. The lowest BCUT2D eigenvalue weighted by atomic mass is 10.1. The molecule has 0 aliphatic carbocycles. The van der Waals surface area contributed by atoms with Crippen LogP contribution in [0.2, 0.25) is 0 Å². The smallest absolute Gasteiger partial charge is 0.332 e. The van der Waals surface area contributed by atoms with Gasteiger partial charge in [0.15, 0.2) is 0 Å². The first-order chi connectivity index (χ1) is 10.1. The summed E-state index contributed by atoms with van der Waals surface area (Å²) in [4.78, 5) is 10.9. The topological polar surface area (TPSA) is 55.8 Å². The first-order valence-electron chi connectivity index (χ1n) is 6.42. The molecule has 108 valence electrons. The lowest BCUT2D eigenvalue weighted by Gasteiger charge is -2.13. The molecule has 0 unspecified atom stereocenters. The zero-order valence-electron chi connectivity index (χ0n) is 11.9. The Morgan fingerprint density at radius 3 is 2.57 bits per heavy atom. The maximum Gasteiger partial charge on any atom is 0.332 e. The number of para-hydroxylation sites is 1. The third-order valence-corrected chi connectivity index (χ3v) is 2.84. The van der Waals surface area contributed by atoms with Crippen molar-refractivity contribution in [3.8, 4) is 11.5 Å². The van der Waals surface area contributed by atoms with Crippen molar-refractivity contribution in [2.45, 2.75) is 6.92 Å².